The molecule has 1 aromatic rings. The molecule has 0 bridgehead atoms. The highest BCUT2D eigenvalue weighted by atomic mass is 16.6. The standard InChI is InChI=1S/C43H61NO6/c1-27(45)49-32-13-10-29(24-33(32)50-28(2)46)11-15-37(48)44-26-43-22-20-38(3,4)25-31(43)30-12-14-35-40(7)18-17-36(47)39(5,6)34(40)16-19-42(35,9)41(30,8)21-23-43/h10-13,15,24,31,34-36,47H,14,16-23,25-26H2,1-9H3,(H,44,48)/b15-11+/t31-,34-,35+,36-,40-,41+,42+,43+/m0/s1. The molecule has 6 rings (SSSR count). The highest BCUT2D eigenvalue weighted by Crippen LogP contribution is 2.75. The number of hydrogen-bond donors (Lipinski definition) is 2. The summed E-state index contributed by atoms with van der Waals surface area (Å²) in [7, 11) is 0. The zero-order valence-electron chi connectivity index (χ0n) is 32.0. The third kappa shape index (κ3) is 6.07. The molecule has 2 N–H and O–H groups in total. The summed E-state index contributed by atoms with van der Waals surface area (Å²) in [6.45, 7) is 20.5. The number of benzene rings is 1. The van der Waals surface area contributed by atoms with Crippen molar-refractivity contribution in [1.29, 1.82) is 0 Å². The van der Waals surface area contributed by atoms with Gasteiger partial charge in [0.15, 0.2) is 11.5 Å². The van der Waals surface area contributed by atoms with E-state index in [-0.39, 0.29) is 56.0 Å². The van der Waals surface area contributed by atoms with E-state index in [4.69, 9.17) is 9.47 Å². The third-order valence-electron chi connectivity index (χ3n) is 15.3. The predicted octanol–water partition coefficient (Wildman–Crippen LogP) is 8.83. The summed E-state index contributed by atoms with van der Waals surface area (Å²) < 4.78 is 10.5. The monoisotopic (exact) mass is 687 g/mol. The molecule has 0 aromatic heterocycles. The summed E-state index contributed by atoms with van der Waals surface area (Å²) in [5, 5.41) is 14.4. The van der Waals surface area contributed by atoms with Crippen LogP contribution in [-0.2, 0) is 14.4 Å². The van der Waals surface area contributed by atoms with Crippen LogP contribution >= 0.6 is 0 Å². The lowest BCUT2D eigenvalue weighted by Crippen LogP contribution is -2.65. The Hall–Kier alpha value is -2.93. The molecule has 50 heavy (non-hydrogen) atoms. The van der Waals surface area contributed by atoms with Crippen LogP contribution in [0.4, 0.5) is 0 Å². The van der Waals surface area contributed by atoms with Gasteiger partial charge in [0, 0.05) is 26.5 Å². The van der Waals surface area contributed by atoms with Crippen molar-refractivity contribution in [2.75, 3.05) is 6.54 Å². The van der Waals surface area contributed by atoms with Crippen LogP contribution < -0.4 is 14.8 Å². The lowest BCUT2D eigenvalue weighted by molar-refractivity contribution is -0.203. The van der Waals surface area contributed by atoms with Crippen molar-refractivity contribution in [3.05, 3.63) is 41.5 Å². The number of carbonyl (C=O) groups is 3. The molecular formula is C43H61NO6. The number of carbonyl (C=O) groups excluding carboxylic acids is 3. The first-order valence-electron chi connectivity index (χ1n) is 19.1. The fourth-order valence-corrected chi connectivity index (χ4v) is 12.3. The minimum atomic E-state index is -0.525. The Balaban J connectivity index is 1.24. The molecule has 0 unspecified atom stereocenters. The van der Waals surface area contributed by atoms with Gasteiger partial charge in [-0.2, -0.15) is 0 Å². The third-order valence-corrected chi connectivity index (χ3v) is 15.3. The highest BCUT2D eigenvalue weighted by Gasteiger charge is 2.68. The first-order valence-corrected chi connectivity index (χ1v) is 19.1. The van der Waals surface area contributed by atoms with Crippen molar-refractivity contribution in [2.45, 2.75) is 133 Å². The van der Waals surface area contributed by atoms with Crippen molar-refractivity contribution in [1.82, 2.24) is 5.32 Å². The molecule has 7 heteroatoms. The van der Waals surface area contributed by atoms with Crippen LogP contribution in [0.2, 0.25) is 0 Å². The van der Waals surface area contributed by atoms with Crippen LogP contribution in [0.15, 0.2) is 35.9 Å². The van der Waals surface area contributed by atoms with Gasteiger partial charge in [0.2, 0.25) is 5.91 Å². The van der Waals surface area contributed by atoms with Crippen molar-refractivity contribution in [3.63, 3.8) is 0 Å². The fourth-order valence-electron chi connectivity index (χ4n) is 12.3. The molecule has 5 aliphatic rings. The maximum atomic E-state index is 13.4. The number of allylic oxidation sites excluding steroid dienone is 2. The second-order valence-corrected chi connectivity index (χ2v) is 18.9. The highest BCUT2D eigenvalue weighted by molar-refractivity contribution is 5.92. The van der Waals surface area contributed by atoms with E-state index < -0.39 is 11.9 Å². The molecule has 0 radical (unpaired) electrons. The van der Waals surface area contributed by atoms with E-state index in [2.05, 4.69) is 59.9 Å². The maximum Gasteiger partial charge on any atom is 0.308 e. The Morgan fingerprint density at radius 3 is 2.24 bits per heavy atom. The number of aliphatic hydroxyl groups excluding tert-OH is 1. The summed E-state index contributed by atoms with van der Waals surface area (Å²) in [5.41, 5.74) is 3.10. The van der Waals surface area contributed by atoms with E-state index >= 15 is 0 Å². The van der Waals surface area contributed by atoms with Gasteiger partial charge in [-0.25, -0.2) is 0 Å². The van der Waals surface area contributed by atoms with Gasteiger partial charge in [0.05, 0.1) is 6.10 Å². The van der Waals surface area contributed by atoms with Gasteiger partial charge >= 0.3 is 11.9 Å². The zero-order chi connectivity index (χ0) is 36.5. The summed E-state index contributed by atoms with van der Waals surface area (Å²) in [4.78, 5) is 36.6. The number of aliphatic hydroxyl groups is 1. The molecule has 1 aromatic carbocycles. The van der Waals surface area contributed by atoms with Crippen LogP contribution in [-0.4, -0.2) is 35.6 Å². The maximum absolute atomic E-state index is 13.4. The first kappa shape index (κ1) is 36.8. The van der Waals surface area contributed by atoms with Crippen LogP contribution in [0.3, 0.4) is 0 Å². The van der Waals surface area contributed by atoms with Gasteiger partial charge in [-0.15, -0.1) is 0 Å². The number of esters is 2. The molecule has 5 aliphatic carbocycles. The van der Waals surface area contributed by atoms with Gasteiger partial charge in [0.25, 0.3) is 0 Å². The van der Waals surface area contributed by atoms with E-state index in [0.717, 1.165) is 51.4 Å². The average Bonchev–Trinajstić information content (AvgIpc) is 3.02. The van der Waals surface area contributed by atoms with Gasteiger partial charge in [-0.3, -0.25) is 14.4 Å². The van der Waals surface area contributed by atoms with E-state index in [9.17, 15) is 19.5 Å². The first-order chi connectivity index (χ1) is 23.3. The Labute approximate surface area is 300 Å². The number of fused-ring (bicyclic) bond motifs is 7. The van der Waals surface area contributed by atoms with Crippen LogP contribution in [0.25, 0.3) is 6.08 Å². The normalized spacial score (nSPS) is 38.4. The van der Waals surface area contributed by atoms with Gasteiger partial charge in [-0.05, 0) is 138 Å². The molecular weight excluding hydrogens is 626 g/mol. The molecule has 4 fully saturated rings. The van der Waals surface area contributed by atoms with Crippen molar-refractivity contribution in [3.8, 4) is 11.5 Å². The van der Waals surface area contributed by atoms with E-state index in [1.807, 2.05) is 0 Å². The van der Waals surface area contributed by atoms with E-state index in [0.29, 0.717) is 29.9 Å². The topological polar surface area (TPSA) is 102 Å². The van der Waals surface area contributed by atoms with Crippen LogP contribution in [0.5, 0.6) is 11.5 Å². The summed E-state index contributed by atoms with van der Waals surface area (Å²) in [6.07, 6.45) is 16.9. The van der Waals surface area contributed by atoms with E-state index in [1.165, 1.54) is 32.8 Å². The number of nitrogens with one attached hydrogen (secondary N) is 1. The molecule has 274 valence electrons. The molecule has 7 nitrogen and oxygen atoms in total. The minimum Gasteiger partial charge on any atom is -0.423 e. The van der Waals surface area contributed by atoms with Crippen molar-refractivity contribution in [2.24, 2.45) is 50.2 Å². The summed E-state index contributed by atoms with van der Waals surface area (Å²) in [5.74, 6) is 0.683. The molecule has 8 atom stereocenters. The molecule has 0 spiro atoms. The predicted molar refractivity (Wildman–Crippen MR) is 196 cm³/mol. The Morgan fingerprint density at radius 2 is 1.54 bits per heavy atom. The van der Waals surface area contributed by atoms with Gasteiger partial charge < -0.3 is 19.9 Å². The van der Waals surface area contributed by atoms with Crippen molar-refractivity contribution >= 4 is 23.9 Å². The fraction of sp³-hybridized carbons (Fsp3) is 0.698. The Kier molecular flexibility index (Phi) is 9.31. The minimum absolute atomic E-state index is 0.0276. The lowest BCUT2D eigenvalue weighted by Gasteiger charge is -2.71. The second-order valence-electron chi connectivity index (χ2n) is 18.9. The number of ether oxygens (including phenoxy) is 2. The molecule has 0 aliphatic heterocycles. The largest absolute Gasteiger partial charge is 0.423 e. The second kappa shape index (κ2) is 12.6. The van der Waals surface area contributed by atoms with Gasteiger partial charge in [-0.1, -0.05) is 66.2 Å². The summed E-state index contributed by atoms with van der Waals surface area (Å²) in [6, 6.07) is 4.89. The van der Waals surface area contributed by atoms with Gasteiger partial charge in [0.1, 0.15) is 0 Å². The molecule has 0 heterocycles. The van der Waals surface area contributed by atoms with Crippen LogP contribution in [0, 0.1) is 50.2 Å². The number of rotatable bonds is 6. The summed E-state index contributed by atoms with van der Waals surface area (Å²) >= 11 is 0. The Morgan fingerprint density at radius 1 is 0.860 bits per heavy atom. The average molecular weight is 688 g/mol. The number of amides is 1. The quantitative estimate of drug-likeness (QED) is 0.134. The molecule has 4 saturated carbocycles. The smallest absolute Gasteiger partial charge is 0.308 e. The van der Waals surface area contributed by atoms with Crippen LogP contribution in [0.1, 0.15) is 132 Å². The lowest BCUT2D eigenvalue weighted by atomic mass is 9.33. The zero-order valence-corrected chi connectivity index (χ0v) is 32.0. The molecule has 0 saturated heterocycles. The van der Waals surface area contributed by atoms with E-state index in [1.54, 1.807) is 29.8 Å². The number of hydrogen-bond acceptors (Lipinski definition) is 6. The molecule has 1 amide bonds. The Bertz CT molecular complexity index is 1610. The SMILES string of the molecule is CC(=O)Oc1ccc(/C=C/C(=O)NC[C@]23CCC(C)(C)C[C@H]2C2=CC[C@@H]4[C@@]5(C)CC[C@H](O)C(C)(C)[C@@H]5CC[C@@]4(C)[C@]2(C)CC3)cc1OC(C)=O. The van der Waals surface area contributed by atoms with Crippen molar-refractivity contribution < 1.29 is 29.0 Å².